The van der Waals surface area contributed by atoms with Crippen molar-refractivity contribution < 1.29 is 9.53 Å². The van der Waals surface area contributed by atoms with Crippen LogP contribution in [0.3, 0.4) is 0 Å². The molecule has 1 aliphatic heterocycles. The van der Waals surface area contributed by atoms with Crippen molar-refractivity contribution in [3.05, 3.63) is 27.7 Å². The second-order valence-electron chi connectivity index (χ2n) is 4.94. The van der Waals surface area contributed by atoms with Crippen LogP contribution >= 0.6 is 23.2 Å². The summed E-state index contributed by atoms with van der Waals surface area (Å²) < 4.78 is 5.10. The number of hydrogen-bond acceptors (Lipinski definition) is 3. The summed E-state index contributed by atoms with van der Waals surface area (Å²) in [6.45, 7) is 3.33. The van der Waals surface area contributed by atoms with E-state index in [0.717, 1.165) is 31.7 Å². The maximum Gasteiger partial charge on any atom is 0.227 e. The Morgan fingerprint density at radius 3 is 2.45 bits per heavy atom. The fourth-order valence-corrected chi connectivity index (χ4v) is 2.68. The second kappa shape index (κ2) is 6.66. The Bertz CT molecular complexity index is 500. The largest absolute Gasteiger partial charge is 0.495 e. The highest BCUT2D eigenvalue weighted by Crippen LogP contribution is 2.31. The summed E-state index contributed by atoms with van der Waals surface area (Å²) >= 11 is 12.2. The number of carbonyl (C=O) groups excluding carboxylic acids is 1. The molecule has 20 heavy (non-hydrogen) atoms. The van der Waals surface area contributed by atoms with Crippen LogP contribution in [0, 0.1) is 0 Å². The molecule has 0 N–H and O–H groups in total. The molecule has 2 rings (SSSR count). The molecule has 0 atom stereocenters. The molecule has 4 nitrogen and oxygen atoms in total. The Balaban J connectivity index is 2.06. The third kappa shape index (κ3) is 3.57. The van der Waals surface area contributed by atoms with E-state index in [2.05, 4.69) is 11.9 Å². The first-order valence-electron chi connectivity index (χ1n) is 6.49. The van der Waals surface area contributed by atoms with E-state index in [0.29, 0.717) is 15.8 Å². The van der Waals surface area contributed by atoms with Crippen LogP contribution in [-0.2, 0) is 11.2 Å². The number of hydrogen-bond donors (Lipinski definition) is 0. The van der Waals surface area contributed by atoms with Gasteiger partial charge in [-0.2, -0.15) is 0 Å². The molecule has 1 aromatic carbocycles. The lowest BCUT2D eigenvalue weighted by molar-refractivity contribution is -0.132. The third-order valence-electron chi connectivity index (χ3n) is 3.52. The predicted octanol–water partition coefficient (Wildman–Crippen LogP) is 2.32. The average molecular weight is 317 g/mol. The highest BCUT2D eigenvalue weighted by molar-refractivity contribution is 6.34. The van der Waals surface area contributed by atoms with Gasteiger partial charge in [0.2, 0.25) is 5.91 Å². The molecule has 0 radical (unpaired) electrons. The van der Waals surface area contributed by atoms with Gasteiger partial charge in [0.05, 0.1) is 18.6 Å². The molecule has 1 amide bonds. The zero-order valence-electron chi connectivity index (χ0n) is 11.7. The number of ether oxygens (including phenoxy) is 1. The number of amides is 1. The third-order valence-corrected chi connectivity index (χ3v) is 4.17. The van der Waals surface area contributed by atoms with Gasteiger partial charge in [-0.3, -0.25) is 4.79 Å². The number of methoxy groups -OCH3 is 1. The van der Waals surface area contributed by atoms with Gasteiger partial charge in [-0.15, -0.1) is 0 Å². The zero-order valence-corrected chi connectivity index (χ0v) is 13.2. The molecule has 1 fully saturated rings. The molecular formula is C14H18Cl2N2O2. The summed E-state index contributed by atoms with van der Waals surface area (Å²) in [4.78, 5) is 16.3. The highest BCUT2D eigenvalue weighted by atomic mass is 35.5. The lowest BCUT2D eigenvalue weighted by atomic mass is 10.1. The molecule has 1 saturated heterocycles. The van der Waals surface area contributed by atoms with Crippen LogP contribution in [0.25, 0.3) is 0 Å². The Morgan fingerprint density at radius 1 is 1.20 bits per heavy atom. The summed E-state index contributed by atoms with van der Waals surface area (Å²) in [6, 6.07) is 3.35. The van der Waals surface area contributed by atoms with Gasteiger partial charge in [-0.05, 0) is 18.7 Å². The first kappa shape index (κ1) is 15.4. The normalized spacial score (nSPS) is 16.3. The summed E-state index contributed by atoms with van der Waals surface area (Å²) in [5.74, 6) is 0.605. The van der Waals surface area contributed by atoms with Gasteiger partial charge >= 0.3 is 0 Å². The Hall–Kier alpha value is -0.970. The van der Waals surface area contributed by atoms with Gasteiger partial charge in [0, 0.05) is 37.3 Å². The highest BCUT2D eigenvalue weighted by Gasteiger charge is 2.20. The van der Waals surface area contributed by atoms with Gasteiger partial charge in [0.1, 0.15) is 5.75 Å². The van der Waals surface area contributed by atoms with E-state index in [1.807, 2.05) is 4.90 Å². The number of likely N-dealkylation sites (N-methyl/N-ethyl adjacent to an activating group) is 1. The topological polar surface area (TPSA) is 32.8 Å². The van der Waals surface area contributed by atoms with Crippen molar-refractivity contribution in [2.75, 3.05) is 40.3 Å². The molecule has 0 spiro atoms. The first-order valence-corrected chi connectivity index (χ1v) is 7.25. The number of benzene rings is 1. The SMILES string of the molecule is COc1cc(Cl)c(CC(=O)N2CCN(C)CC2)cc1Cl. The average Bonchev–Trinajstić information content (AvgIpc) is 2.43. The molecule has 0 saturated carbocycles. The van der Waals surface area contributed by atoms with Crippen LogP contribution in [-0.4, -0.2) is 56.0 Å². The fourth-order valence-electron chi connectivity index (χ4n) is 2.19. The molecular weight excluding hydrogens is 299 g/mol. The number of halogens is 2. The smallest absolute Gasteiger partial charge is 0.227 e. The standard InChI is InChI=1S/C14H18Cl2N2O2/c1-17-3-5-18(6-4-17)14(19)8-10-7-12(16)13(20-2)9-11(10)15/h7,9H,3-6,8H2,1-2H3. The maximum atomic E-state index is 12.3. The molecule has 110 valence electrons. The van der Waals surface area contributed by atoms with Crippen LogP contribution in [0.2, 0.25) is 10.0 Å². The van der Waals surface area contributed by atoms with Gasteiger partial charge in [0.15, 0.2) is 0 Å². The monoisotopic (exact) mass is 316 g/mol. The van der Waals surface area contributed by atoms with Crippen molar-refractivity contribution in [1.82, 2.24) is 9.80 Å². The lowest BCUT2D eigenvalue weighted by Gasteiger charge is -2.32. The molecule has 1 aromatic rings. The molecule has 6 heteroatoms. The second-order valence-corrected chi connectivity index (χ2v) is 5.75. The molecule has 1 aliphatic rings. The van der Waals surface area contributed by atoms with Gasteiger partial charge in [-0.1, -0.05) is 23.2 Å². The maximum absolute atomic E-state index is 12.3. The van der Waals surface area contributed by atoms with Crippen LogP contribution in [0.15, 0.2) is 12.1 Å². The summed E-state index contributed by atoms with van der Waals surface area (Å²) in [5.41, 5.74) is 0.737. The van der Waals surface area contributed by atoms with Gasteiger partial charge < -0.3 is 14.5 Å². The van der Waals surface area contributed by atoms with Crippen molar-refractivity contribution in [3.63, 3.8) is 0 Å². The molecule has 0 aliphatic carbocycles. The van der Waals surface area contributed by atoms with Crippen molar-refractivity contribution >= 4 is 29.1 Å². The summed E-state index contributed by atoms with van der Waals surface area (Å²) in [6.07, 6.45) is 0.270. The zero-order chi connectivity index (χ0) is 14.7. The molecule has 0 aromatic heterocycles. The molecule has 0 unspecified atom stereocenters. The number of nitrogens with zero attached hydrogens (tertiary/aromatic N) is 2. The number of carbonyl (C=O) groups is 1. The Kier molecular flexibility index (Phi) is 5.13. The van der Waals surface area contributed by atoms with E-state index < -0.39 is 0 Å². The van der Waals surface area contributed by atoms with Gasteiger partial charge in [0.25, 0.3) is 0 Å². The van der Waals surface area contributed by atoms with Crippen LogP contribution in [0.1, 0.15) is 5.56 Å². The van der Waals surface area contributed by atoms with Crippen LogP contribution in [0.5, 0.6) is 5.75 Å². The number of rotatable bonds is 3. The predicted molar refractivity (Wildman–Crippen MR) is 80.8 cm³/mol. The minimum atomic E-state index is 0.0845. The van der Waals surface area contributed by atoms with Crippen molar-refractivity contribution in [2.24, 2.45) is 0 Å². The van der Waals surface area contributed by atoms with Crippen molar-refractivity contribution in [1.29, 1.82) is 0 Å². The summed E-state index contributed by atoms with van der Waals surface area (Å²) in [5, 5.41) is 0.979. The van der Waals surface area contributed by atoms with Crippen LogP contribution < -0.4 is 4.74 Å². The Morgan fingerprint density at radius 2 is 1.85 bits per heavy atom. The van der Waals surface area contributed by atoms with Crippen molar-refractivity contribution in [2.45, 2.75) is 6.42 Å². The minimum Gasteiger partial charge on any atom is -0.495 e. The number of piperazine rings is 1. The van der Waals surface area contributed by atoms with E-state index in [1.165, 1.54) is 7.11 Å². The van der Waals surface area contributed by atoms with Crippen LogP contribution in [0.4, 0.5) is 0 Å². The Labute approximate surface area is 129 Å². The fraction of sp³-hybridized carbons (Fsp3) is 0.500. The first-order chi connectivity index (χ1) is 9.51. The summed E-state index contributed by atoms with van der Waals surface area (Å²) in [7, 11) is 3.59. The quantitative estimate of drug-likeness (QED) is 0.858. The van der Waals surface area contributed by atoms with E-state index in [-0.39, 0.29) is 12.3 Å². The lowest BCUT2D eigenvalue weighted by Crippen LogP contribution is -2.47. The van der Waals surface area contributed by atoms with Crippen molar-refractivity contribution in [3.8, 4) is 5.75 Å². The van der Waals surface area contributed by atoms with Gasteiger partial charge in [-0.25, -0.2) is 0 Å². The van der Waals surface area contributed by atoms with E-state index in [4.69, 9.17) is 27.9 Å². The molecule has 0 bridgehead atoms. The van der Waals surface area contributed by atoms with E-state index in [1.54, 1.807) is 12.1 Å². The van der Waals surface area contributed by atoms with E-state index >= 15 is 0 Å². The molecule has 1 heterocycles. The minimum absolute atomic E-state index is 0.0845. The van der Waals surface area contributed by atoms with E-state index in [9.17, 15) is 4.79 Å².